The molecule has 1 heterocycles. The normalized spacial score (nSPS) is 16.5. The van der Waals surface area contributed by atoms with E-state index >= 15 is 0 Å². The summed E-state index contributed by atoms with van der Waals surface area (Å²) in [4.78, 5) is 18.4. The molecule has 0 unspecified atom stereocenters. The highest BCUT2D eigenvalue weighted by atomic mass is 16.1. The molecule has 0 aromatic carbocycles. The van der Waals surface area contributed by atoms with Crippen LogP contribution in [0.25, 0.3) is 0 Å². The van der Waals surface area contributed by atoms with E-state index in [0.29, 0.717) is 11.7 Å². The van der Waals surface area contributed by atoms with Gasteiger partial charge in [-0.05, 0) is 32.6 Å². The summed E-state index contributed by atoms with van der Waals surface area (Å²) in [6, 6.07) is 0. The molecule has 0 radical (unpaired) electrons. The van der Waals surface area contributed by atoms with Crippen LogP contribution in [0.4, 0.5) is 0 Å². The van der Waals surface area contributed by atoms with E-state index in [-0.39, 0.29) is 5.56 Å². The Hall–Kier alpha value is -1.12. The second-order valence-electron chi connectivity index (χ2n) is 3.42. The molecule has 0 aliphatic heterocycles. The van der Waals surface area contributed by atoms with Crippen molar-refractivity contribution in [3.8, 4) is 0 Å². The molecule has 1 fully saturated rings. The number of H-pyrrole nitrogens is 1. The number of rotatable bonds is 1. The van der Waals surface area contributed by atoms with Crippen molar-refractivity contribution in [3.63, 3.8) is 0 Å². The summed E-state index contributed by atoms with van der Waals surface area (Å²) >= 11 is 0. The molecule has 2 rings (SSSR count). The third-order valence-electron chi connectivity index (χ3n) is 2.25. The van der Waals surface area contributed by atoms with Crippen LogP contribution in [0.15, 0.2) is 4.79 Å². The second kappa shape index (κ2) is 2.44. The fraction of sp³-hybridized carbons (Fsp3) is 0.556. The first-order valence-electron chi connectivity index (χ1n) is 4.26. The maximum atomic E-state index is 11.4. The minimum absolute atomic E-state index is 0.0579. The molecule has 64 valence electrons. The summed E-state index contributed by atoms with van der Waals surface area (Å²) in [6.07, 6.45) is 2.29. The molecule has 3 heteroatoms. The molecule has 12 heavy (non-hydrogen) atoms. The van der Waals surface area contributed by atoms with Gasteiger partial charge in [0.15, 0.2) is 0 Å². The zero-order valence-electron chi connectivity index (χ0n) is 7.35. The lowest BCUT2D eigenvalue weighted by Crippen LogP contribution is -2.16. The van der Waals surface area contributed by atoms with Crippen molar-refractivity contribution in [3.05, 3.63) is 27.4 Å². The van der Waals surface area contributed by atoms with Crippen LogP contribution >= 0.6 is 0 Å². The molecule has 3 nitrogen and oxygen atoms in total. The molecule has 0 atom stereocenters. The molecule has 1 aliphatic rings. The fourth-order valence-corrected chi connectivity index (χ4v) is 1.59. The van der Waals surface area contributed by atoms with Gasteiger partial charge in [-0.2, -0.15) is 0 Å². The Morgan fingerprint density at radius 2 is 2.08 bits per heavy atom. The molecular weight excluding hydrogens is 152 g/mol. The van der Waals surface area contributed by atoms with Gasteiger partial charge in [-0.15, -0.1) is 0 Å². The van der Waals surface area contributed by atoms with Gasteiger partial charge in [0.25, 0.3) is 5.56 Å². The highest BCUT2D eigenvalue weighted by molar-refractivity contribution is 5.24. The zero-order valence-corrected chi connectivity index (χ0v) is 7.35. The molecule has 0 saturated heterocycles. The van der Waals surface area contributed by atoms with Crippen molar-refractivity contribution in [1.82, 2.24) is 9.97 Å². The molecule has 1 N–H and O–H groups in total. The number of aryl methyl sites for hydroxylation is 2. The molecule has 1 aromatic heterocycles. The van der Waals surface area contributed by atoms with E-state index < -0.39 is 0 Å². The highest BCUT2D eigenvalue weighted by Crippen LogP contribution is 2.39. The smallest absolute Gasteiger partial charge is 0.254 e. The second-order valence-corrected chi connectivity index (χ2v) is 3.42. The summed E-state index contributed by atoms with van der Waals surface area (Å²) in [7, 11) is 0. The molecule has 1 saturated carbocycles. The van der Waals surface area contributed by atoms with E-state index in [0.717, 1.165) is 24.1 Å². The van der Waals surface area contributed by atoms with E-state index in [1.807, 2.05) is 13.8 Å². The lowest BCUT2D eigenvalue weighted by Gasteiger charge is -2.01. The molecule has 0 amide bonds. The summed E-state index contributed by atoms with van der Waals surface area (Å²) in [5.74, 6) is 1.20. The number of hydrogen-bond donors (Lipinski definition) is 1. The van der Waals surface area contributed by atoms with E-state index in [4.69, 9.17) is 0 Å². The largest absolute Gasteiger partial charge is 0.311 e. The van der Waals surface area contributed by atoms with Crippen LogP contribution in [0, 0.1) is 13.8 Å². The monoisotopic (exact) mass is 164 g/mol. The first-order valence-corrected chi connectivity index (χ1v) is 4.26. The maximum Gasteiger partial charge on any atom is 0.254 e. The minimum atomic E-state index is 0.0579. The van der Waals surface area contributed by atoms with Crippen LogP contribution in [0.2, 0.25) is 0 Å². The Balaban J connectivity index is 2.59. The van der Waals surface area contributed by atoms with Crippen molar-refractivity contribution in [1.29, 1.82) is 0 Å². The summed E-state index contributed by atoms with van der Waals surface area (Å²) in [5, 5.41) is 0. The van der Waals surface area contributed by atoms with Gasteiger partial charge in [0.05, 0.1) is 0 Å². The van der Waals surface area contributed by atoms with Crippen LogP contribution in [0.5, 0.6) is 0 Å². The number of nitrogens with zero attached hydrogens (tertiary/aromatic N) is 1. The van der Waals surface area contributed by atoms with E-state index in [2.05, 4.69) is 9.97 Å². The molecule has 1 aromatic rings. The van der Waals surface area contributed by atoms with Gasteiger partial charge in [-0.1, -0.05) is 0 Å². The van der Waals surface area contributed by atoms with Crippen LogP contribution in [0.3, 0.4) is 0 Å². The van der Waals surface area contributed by atoms with Crippen molar-refractivity contribution in [2.75, 3.05) is 0 Å². The van der Waals surface area contributed by atoms with Crippen molar-refractivity contribution >= 4 is 0 Å². The van der Waals surface area contributed by atoms with E-state index in [1.54, 1.807) is 0 Å². The van der Waals surface area contributed by atoms with E-state index in [1.165, 1.54) is 0 Å². The van der Waals surface area contributed by atoms with Gasteiger partial charge in [-0.3, -0.25) is 4.79 Å². The summed E-state index contributed by atoms with van der Waals surface area (Å²) in [5.41, 5.74) is 1.86. The minimum Gasteiger partial charge on any atom is -0.311 e. The standard InChI is InChI=1S/C9H12N2O/c1-5-8(7-3-4-7)9(12)11-6(2)10-5/h7H,3-4H2,1-2H3,(H,10,11,12). The van der Waals surface area contributed by atoms with Crippen molar-refractivity contribution in [2.24, 2.45) is 0 Å². The van der Waals surface area contributed by atoms with Crippen molar-refractivity contribution < 1.29 is 0 Å². The molecular formula is C9H12N2O. The van der Waals surface area contributed by atoms with Gasteiger partial charge in [0, 0.05) is 11.3 Å². The molecule has 0 bridgehead atoms. The lowest BCUT2D eigenvalue weighted by molar-refractivity contribution is 0.910. The number of aromatic nitrogens is 2. The zero-order chi connectivity index (χ0) is 8.72. The Labute approximate surface area is 70.9 Å². The van der Waals surface area contributed by atoms with Crippen LogP contribution in [-0.2, 0) is 0 Å². The quantitative estimate of drug-likeness (QED) is 0.679. The SMILES string of the molecule is Cc1nc(C)c(C2CC2)c(=O)[nH]1. The third-order valence-corrected chi connectivity index (χ3v) is 2.25. The van der Waals surface area contributed by atoms with Crippen LogP contribution in [-0.4, -0.2) is 9.97 Å². The van der Waals surface area contributed by atoms with E-state index in [9.17, 15) is 4.79 Å². The Bertz CT molecular complexity index is 363. The first kappa shape index (κ1) is 7.53. The molecule has 0 spiro atoms. The lowest BCUT2D eigenvalue weighted by atomic mass is 10.1. The highest BCUT2D eigenvalue weighted by Gasteiger charge is 2.28. The predicted octanol–water partition coefficient (Wildman–Crippen LogP) is 1.26. The maximum absolute atomic E-state index is 11.4. The van der Waals surface area contributed by atoms with Gasteiger partial charge in [-0.25, -0.2) is 4.98 Å². The number of aromatic amines is 1. The Morgan fingerprint density at radius 1 is 1.42 bits per heavy atom. The van der Waals surface area contributed by atoms with Crippen LogP contribution < -0.4 is 5.56 Å². The number of hydrogen-bond acceptors (Lipinski definition) is 2. The summed E-state index contributed by atoms with van der Waals surface area (Å²) in [6.45, 7) is 3.72. The predicted molar refractivity (Wildman–Crippen MR) is 46.3 cm³/mol. The van der Waals surface area contributed by atoms with Gasteiger partial charge < -0.3 is 4.98 Å². The van der Waals surface area contributed by atoms with Crippen LogP contribution in [0.1, 0.15) is 35.8 Å². The molecule has 1 aliphatic carbocycles. The average molecular weight is 164 g/mol. The summed E-state index contributed by atoms with van der Waals surface area (Å²) < 4.78 is 0. The first-order chi connectivity index (χ1) is 5.68. The van der Waals surface area contributed by atoms with Gasteiger partial charge in [0.2, 0.25) is 0 Å². The third kappa shape index (κ3) is 1.15. The average Bonchev–Trinajstić information content (AvgIpc) is 2.68. The van der Waals surface area contributed by atoms with Gasteiger partial charge >= 0.3 is 0 Å². The number of nitrogens with one attached hydrogen (secondary N) is 1. The topological polar surface area (TPSA) is 45.8 Å². The Kier molecular flexibility index (Phi) is 1.53. The van der Waals surface area contributed by atoms with Gasteiger partial charge in [0.1, 0.15) is 5.82 Å². The fourth-order valence-electron chi connectivity index (χ4n) is 1.59. The Morgan fingerprint density at radius 3 is 2.58 bits per heavy atom. The van der Waals surface area contributed by atoms with Crippen molar-refractivity contribution in [2.45, 2.75) is 32.6 Å².